The minimum atomic E-state index is -4.47. The molecule has 0 aliphatic rings. The number of carboxylic acids is 4. The van der Waals surface area contributed by atoms with Crippen LogP contribution in [0.25, 0.3) is 0 Å². The number of esters is 3. The van der Waals surface area contributed by atoms with Crippen molar-refractivity contribution in [1.82, 2.24) is 0 Å². The van der Waals surface area contributed by atoms with Crippen LogP contribution in [-0.2, 0) is 65.1 Å². The average Bonchev–Trinajstić information content (AvgIpc) is 0.834. The molecule has 4 rings (SSSR count). The van der Waals surface area contributed by atoms with Crippen molar-refractivity contribution in [2.75, 3.05) is 76.7 Å². The van der Waals surface area contributed by atoms with Crippen molar-refractivity contribution < 1.29 is 167 Å². The number of carbonyl (C=O) groups excluding carboxylic acids is 4. The number of phosphoric acid groups is 1. The Morgan fingerprint density at radius 1 is 0.431 bits per heavy atom. The molecule has 0 saturated heterocycles. The van der Waals surface area contributed by atoms with E-state index < -0.39 is 151 Å². The summed E-state index contributed by atoms with van der Waals surface area (Å²) in [6.07, 6.45) is 29.4. The summed E-state index contributed by atoms with van der Waals surface area (Å²) in [5.74, 6) is -6.41. The molecule has 0 fully saturated rings. The van der Waals surface area contributed by atoms with Gasteiger partial charge in [0.05, 0.1) is 52.7 Å². The number of benzene rings is 4. The van der Waals surface area contributed by atoms with E-state index in [-0.39, 0.29) is 92.4 Å². The van der Waals surface area contributed by atoms with Gasteiger partial charge in [-0.25, -0.2) is 23.7 Å². The van der Waals surface area contributed by atoms with Crippen molar-refractivity contribution in [3.05, 3.63) is 136 Å². The fourth-order valence-electron chi connectivity index (χ4n) is 11.2. The number of hydrogen-bond donors (Lipinski definition) is 15. The van der Waals surface area contributed by atoms with Crippen LogP contribution in [0.2, 0.25) is 0 Å². The number of aromatic carboxylic acids is 4. The van der Waals surface area contributed by atoms with Gasteiger partial charge in [-0.2, -0.15) is 41.2 Å². The maximum atomic E-state index is 12.3. The van der Waals surface area contributed by atoms with Crippen LogP contribution < -0.4 is 0 Å². The molecule has 0 aromatic heterocycles. The summed E-state index contributed by atoms with van der Waals surface area (Å²) in [5.41, 5.74) is -3.81. The zero-order chi connectivity index (χ0) is 106. The Balaban J connectivity index is -0.00000170. The van der Waals surface area contributed by atoms with Crippen molar-refractivity contribution in [2.24, 2.45) is 0 Å². The number of nitrogens with zero attached hydrogens (tertiary/aromatic N) is 4. The number of thioether (sulfide) groups is 1. The summed E-state index contributed by atoms with van der Waals surface area (Å²) >= 11 is 9.02. The molecule has 4 aromatic carbocycles. The number of carbonyl (C=O) groups is 8. The Hall–Kier alpha value is -6.72. The molecule has 137 heavy (non-hydrogen) atoms. The van der Waals surface area contributed by atoms with Crippen LogP contribution in [-0.4, -0.2) is 229 Å². The summed E-state index contributed by atoms with van der Waals surface area (Å²) in [6.45, 7) is 5.55. The van der Waals surface area contributed by atoms with Gasteiger partial charge in [0.1, 0.15) is 67.0 Å². The number of ether oxygens (including phenoxy) is 3. The van der Waals surface area contributed by atoms with E-state index in [0.29, 0.717) is 38.8 Å². The van der Waals surface area contributed by atoms with E-state index in [2.05, 4.69) is 69.6 Å². The van der Waals surface area contributed by atoms with Crippen LogP contribution in [0.5, 0.6) is 0 Å². The molecule has 0 amide bonds. The van der Waals surface area contributed by atoms with Crippen molar-refractivity contribution in [3.63, 3.8) is 0 Å². The normalized spacial score (nSPS) is 12.1. The molecule has 0 aliphatic heterocycles. The Bertz CT molecular complexity index is 4200. The molecular formula is C83H132BN5O38P3S7+2. The van der Waals surface area contributed by atoms with E-state index in [9.17, 15) is 113 Å². The Kier molecular flexibility index (Phi) is 76.8. The van der Waals surface area contributed by atoms with E-state index in [1.54, 1.807) is 0 Å². The minimum absolute atomic E-state index is 0.0253. The second kappa shape index (κ2) is 80.8. The molecule has 13 N–H and O–H groups in total. The van der Waals surface area contributed by atoms with Gasteiger partial charge in [-0.05, 0) is 74.2 Å². The van der Waals surface area contributed by atoms with Crippen molar-refractivity contribution in [1.29, 1.82) is 5.31 Å². The summed E-state index contributed by atoms with van der Waals surface area (Å²) < 4.78 is 66.6. The number of hydrogen-bond acceptors (Lipinski definition) is 41. The molecule has 1 radical (unpaired) electrons. The monoisotopic (exact) mass is 2140 g/mol. The van der Waals surface area contributed by atoms with Gasteiger partial charge >= 0.3 is 78.9 Å². The third-order valence-electron chi connectivity index (χ3n) is 18.0. The number of phosphoric ester groups is 1. The van der Waals surface area contributed by atoms with Crippen LogP contribution in [0, 0.1) is 45.8 Å². The van der Waals surface area contributed by atoms with E-state index in [4.69, 9.17) is 71.2 Å². The fourth-order valence-corrected chi connectivity index (χ4v) is 18.8. The second-order valence-electron chi connectivity index (χ2n) is 29.2. The topological polar surface area (TPSA) is 676 Å². The predicted octanol–water partition coefficient (Wildman–Crippen LogP) is 19.4. The van der Waals surface area contributed by atoms with Crippen LogP contribution in [0.1, 0.15) is 278 Å². The number of nitro benzene ring substituents is 4. The van der Waals surface area contributed by atoms with Crippen LogP contribution in [0.4, 0.5) is 22.7 Å². The van der Waals surface area contributed by atoms with Crippen LogP contribution in [0.3, 0.4) is 0 Å². The number of nitrogens with one attached hydrogen (secondary N) is 1. The van der Waals surface area contributed by atoms with E-state index >= 15 is 0 Å². The van der Waals surface area contributed by atoms with Gasteiger partial charge in [0.2, 0.25) is 0 Å². The molecule has 4 aromatic rings. The van der Waals surface area contributed by atoms with Crippen molar-refractivity contribution >= 4 is 182 Å². The molecule has 0 aliphatic carbocycles. The summed E-state index contributed by atoms with van der Waals surface area (Å²) in [7, 11) is -4.54. The van der Waals surface area contributed by atoms with E-state index in [0.717, 1.165) is 187 Å². The Morgan fingerprint density at radius 3 is 1.04 bits per heavy atom. The quantitative estimate of drug-likeness (QED) is 0.00225. The van der Waals surface area contributed by atoms with Gasteiger partial charge in [-0.15, -0.1) is 21.7 Å². The van der Waals surface area contributed by atoms with Gasteiger partial charge in [0.15, 0.2) is 5.12 Å². The number of carboxylic acid groups (broad SMARTS) is 4. The summed E-state index contributed by atoms with van der Waals surface area (Å²) in [4.78, 5) is 182. The molecule has 4 atom stereocenters. The van der Waals surface area contributed by atoms with Crippen molar-refractivity contribution in [3.8, 4) is 0 Å². The first-order valence-electron chi connectivity index (χ1n) is 44.9. The summed E-state index contributed by atoms with van der Waals surface area (Å²) in [6, 6.07) is 14.4. The second-order valence-corrected chi connectivity index (χ2v) is 40.3. The molecule has 1 unspecified atom stereocenters. The van der Waals surface area contributed by atoms with Gasteiger partial charge in [-0.3, -0.25) is 68.7 Å². The Labute approximate surface area is 832 Å². The van der Waals surface area contributed by atoms with Crippen LogP contribution >= 0.6 is 104 Å². The number of thiol groups is 2. The first-order valence-corrected chi connectivity index (χ1v) is 55.0. The molecule has 43 nitrogen and oxygen atoms in total. The Morgan fingerprint density at radius 2 is 0.723 bits per heavy atom. The number of aliphatic hydroxyl groups excluding tert-OH is 3. The third kappa shape index (κ3) is 67.4. The number of rotatable bonds is 71. The number of aliphatic hydroxyl groups is 3. The third-order valence-corrected chi connectivity index (χ3v) is 27.6. The van der Waals surface area contributed by atoms with E-state index in [1.807, 2.05) is 0 Å². The molecule has 0 saturated carbocycles. The zero-order valence-corrected chi connectivity index (χ0v) is 85.5. The van der Waals surface area contributed by atoms with Crippen LogP contribution in [0.15, 0.2) is 92.4 Å². The van der Waals surface area contributed by atoms with Gasteiger partial charge in [0, 0.05) is 89.8 Å². The summed E-state index contributed by atoms with van der Waals surface area (Å²) in [5, 5.41) is 110. The SMILES string of the molecule is CCCCCCCCCC(=O)O[C@@H](COP(=O)(O)OCCO)CSSc1ccc([N+](=O)[O-])c(C(=O)O)c1.CCCCCCCCCC(=O)O[C@@H](CO[P+](O)(O)OCCO)CSC(=O)CCCCCCCCC.CCCCCCCCCC(=O)O[C@H](CS)CO[P+](O)(O)OCCO.O=C(O)c1cc(S)ccc1[N+](=O)[O-].O=C(O)c1cc(SSc2ccc([N+](=O)[O-])c(C(=O)O)c2)ccc1[N+](=O)[O-].[2H][3H].[B]=N. The molecular weight excluding hydrogens is 2000 g/mol. The first kappa shape index (κ1) is 130. The van der Waals surface area contributed by atoms with E-state index in [1.165, 1.54) is 114 Å². The standard InChI is InChI=1S/C25H50O8PS.C22H34NO11PS2.C15H31O7PS.C14H8N2O8S2.C7H5NO4S.BHN.H2/c1-3-5-7-9-11-13-15-17-24(27)33-23(21-32-34(29,30)31-20-19-26)22-35-25(28)18-16-14-12-10-8-6-4-2;1-2-3-4-5-6-7-8-9-21(25)34-17(15-33-35(30,31)32-13-12-24)16-36-37-18-10-11-20(23(28)29)19(14-18)22(26)27;1-2-3-4-5-6-7-8-9-15(17)22-14(13-24)12-21-23(18,19)20-11-10-16;17-13(18)9-5-7(1-3-11(9)15(21)22)25-26-8-2-4-12(16(23)24)10(6-8)14(19)20;9-7(10)5-3-4(13)1-2-6(5)8(11)12;1-2;/h23,26,29-30H,3-22H2,1-2H3;10-11,14,17,24H,2-9,12-13,15-16H2,1H3,(H,26,27)(H,30,31);14,16,18-19H,2-13H2,1H3;1-6H,(H,17,18)(H,19,20);1-3,13H,(H,9,10);2H;1H/q+1;;;;;;/p+1/t23-;17-;14-;;;;/m000..../s1/i;;;;;;1+2D. The molecule has 54 heteroatoms. The molecule has 775 valence electrons. The molecule has 0 heterocycles. The zero-order valence-electron chi connectivity index (χ0n) is 78.9. The van der Waals surface area contributed by atoms with Gasteiger partial charge in [-0.1, -0.05) is 237 Å². The number of nitro groups is 4. The predicted molar refractivity (Wildman–Crippen MR) is 529 cm³/mol. The average molecular weight is 2140 g/mol. The molecule has 0 spiro atoms. The molecule has 0 bridgehead atoms. The van der Waals surface area contributed by atoms with Crippen molar-refractivity contribution in [2.45, 2.75) is 271 Å². The maximum absolute atomic E-state index is 12.3. The first-order chi connectivity index (χ1) is 66.1. The number of unbranched alkanes of at least 4 members (excludes halogenated alkanes) is 24. The van der Waals surface area contributed by atoms with Gasteiger partial charge < -0.3 is 54.8 Å². The van der Waals surface area contributed by atoms with Gasteiger partial charge in [0.25, 0.3) is 22.7 Å². The fraction of sp³-hybridized carbons (Fsp3) is 0.614.